The third kappa shape index (κ3) is 2.83. The molecule has 144 valence electrons. The molecule has 1 aliphatic carbocycles. The number of benzene rings is 2. The van der Waals surface area contributed by atoms with Gasteiger partial charge in [0.1, 0.15) is 12.6 Å². The summed E-state index contributed by atoms with van der Waals surface area (Å²) in [5.41, 5.74) is 7.04. The second-order valence-corrected chi connectivity index (χ2v) is 8.29. The van der Waals surface area contributed by atoms with Crippen molar-refractivity contribution < 1.29 is 8.98 Å². The monoisotopic (exact) mass is 381 g/mol. The van der Waals surface area contributed by atoms with Gasteiger partial charge in [-0.15, -0.1) is 0 Å². The minimum atomic E-state index is 0.552. The predicted molar refractivity (Wildman–Crippen MR) is 116 cm³/mol. The number of aryl methyl sites for hydroxylation is 2. The maximum absolute atomic E-state index is 9.88. The smallest absolute Gasteiger partial charge is 0.216 e. The van der Waals surface area contributed by atoms with Crippen LogP contribution in [0.15, 0.2) is 53.1 Å². The van der Waals surface area contributed by atoms with Crippen LogP contribution in [0.25, 0.3) is 33.2 Å². The van der Waals surface area contributed by atoms with E-state index in [1.807, 2.05) is 12.1 Å². The number of rotatable bonds is 2. The zero-order chi connectivity index (χ0) is 20.0. The first-order chi connectivity index (χ1) is 14.2. The van der Waals surface area contributed by atoms with Crippen LogP contribution >= 0.6 is 0 Å². The molecule has 0 radical (unpaired) electrons. The summed E-state index contributed by atoms with van der Waals surface area (Å²) in [6.07, 6.45) is 8.40. The first-order valence-corrected chi connectivity index (χ1v) is 10.5. The first-order valence-electron chi connectivity index (χ1n) is 10.5. The minimum Gasteiger partial charge on any atom is -0.455 e. The van der Waals surface area contributed by atoms with Gasteiger partial charge in [-0.2, -0.15) is 5.26 Å². The molecule has 0 unspecified atom stereocenters. The highest BCUT2D eigenvalue weighted by atomic mass is 16.3. The molecule has 1 saturated carbocycles. The fourth-order valence-electron chi connectivity index (χ4n) is 5.05. The van der Waals surface area contributed by atoms with E-state index in [0.717, 1.165) is 38.8 Å². The van der Waals surface area contributed by atoms with Gasteiger partial charge in [-0.1, -0.05) is 37.5 Å². The molecule has 0 aliphatic heterocycles. The summed E-state index contributed by atoms with van der Waals surface area (Å²) in [4.78, 5) is 0. The average Bonchev–Trinajstić information content (AvgIpc) is 3.14. The molecule has 0 bridgehead atoms. The number of pyridine rings is 1. The lowest BCUT2D eigenvalue weighted by molar-refractivity contribution is -0.660. The standard InChI is InChI=1S/C26H25N2O/c1-17-15-19(16-27)24-21-12-8-11-20(18-9-4-3-5-10-18)25(21)29-26(24)23(17)22-13-6-7-14-28(22)2/h6-8,11-15,18H,3-5,9-10H2,1-2H3/q+1. The third-order valence-corrected chi connectivity index (χ3v) is 6.47. The number of hydrogen-bond donors (Lipinski definition) is 0. The van der Waals surface area contributed by atoms with Gasteiger partial charge in [0.15, 0.2) is 11.8 Å². The summed E-state index contributed by atoms with van der Waals surface area (Å²) < 4.78 is 8.75. The number of para-hydroxylation sites is 1. The van der Waals surface area contributed by atoms with Crippen molar-refractivity contribution in [3.05, 3.63) is 65.4 Å². The van der Waals surface area contributed by atoms with E-state index >= 15 is 0 Å². The number of hydrogen-bond acceptors (Lipinski definition) is 2. The van der Waals surface area contributed by atoms with Crippen LogP contribution in [0.2, 0.25) is 0 Å². The average molecular weight is 381 g/mol. The van der Waals surface area contributed by atoms with Crippen LogP contribution in [-0.2, 0) is 7.05 Å². The summed E-state index contributed by atoms with van der Waals surface area (Å²) in [6.45, 7) is 2.07. The molecule has 2 aromatic carbocycles. The topological polar surface area (TPSA) is 40.8 Å². The molecule has 1 aliphatic rings. The van der Waals surface area contributed by atoms with Crippen molar-refractivity contribution in [2.24, 2.45) is 7.05 Å². The van der Waals surface area contributed by atoms with E-state index in [1.165, 1.54) is 37.7 Å². The van der Waals surface area contributed by atoms with E-state index in [-0.39, 0.29) is 0 Å². The molecule has 1 fully saturated rings. The normalized spacial score (nSPS) is 15.1. The summed E-state index contributed by atoms with van der Waals surface area (Å²) in [6, 6.07) is 17.1. The van der Waals surface area contributed by atoms with Gasteiger partial charge in [0, 0.05) is 22.9 Å². The molecule has 29 heavy (non-hydrogen) atoms. The maximum Gasteiger partial charge on any atom is 0.216 e. The molecule has 4 aromatic rings. The van der Waals surface area contributed by atoms with E-state index in [4.69, 9.17) is 4.42 Å². The van der Waals surface area contributed by atoms with E-state index in [1.54, 1.807) is 0 Å². The van der Waals surface area contributed by atoms with Gasteiger partial charge in [0.05, 0.1) is 17.2 Å². The zero-order valence-electron chi connectivity index (χ0n) is 17.0. The second-order valence-electron chi connectivity index (χ2n) is 8.29. The van der Waals surface area contributed by atoms with Crippen LogP contribution in [0.1, 0.15) is 54.7 Å². The Kier molecular flexibility index (Phi) is 4.36. The van der Waals surface area contributed by atoms with Crippen LogP contribution in [0, 0.1) is 18.3 Å². The fourth-order valence-corrected chi connectivity index (χ4v) is 5.05. The second kappa shape index (κ2) is 7.04. The summed E-state index contributed by atoms with van der Waals surface area (Å²) in [5.74, 6) is 0.552. The van der Waals surface area contributed by atoms with E-state index in [0.29, 0.717) is 11.5 Å². The Morgan fingerprint density at radius 2 is 1.86 bits per heavy atom. The van der Waals surface area contributed by atoms with E-state index in [2.05, 4.69) is 61.1 Å². The molecular formula is C26H25N2O+. The molecule has 3 heteroatoms. The number of nitrogens with zero attached hydrogens (tertiary/aromatic N) is 2. The predicted octanol–water partition coefficient (Wildman–Crippen LogP) is 6.31. The van der Waals surface area contributed by atoms with Gasteiger partial charge in [-0.25, -0.2) is 4.57 Å². The Balaban J connectivity index is 1.87. The Morgan fingerprint density at radius 3 is 2.62 bits per heavy atom. The first kappa shape index (κ1) is 17.9. The van der Waals surface area contributed by atoms with Crippen molar-refractivity contribution in [3.8, 4) is 17.3 Å². The van der Waals surface area contributed by atoms with Crippen LogP contribution in [-0.4, -0.2) is 0 Å². The SMILES string of the molecule is Cc1cc(C#N)c2c(oc3c(C4CCCCC4)cccc32)c1-c1cccc[n+]1C. The highest BCUT2D eigenvalue weighted by Crippen LogP contribution is 2.43. The molecule has 5 rings (SSSR count). The van der Waals surface area contributed by atoms with Crippen LogP contribution < -0.4 is 4.57 Å². The Bertz CT molecular complexity index is 1270. The molecule has 3 nitrogen and oxygen atoms in total. The maximum atomic E-state index is 9.88. The third-order valence-electron chi connectivity index (χ3n) is 6.47. The molecule has 0 amide bonds. The van der Waals surface area contributed by atoms with Gasteiger partial charge in [-0.3, -0.25) is 0 Å². The molecule has 0 atom stereocenters. The highest BCUT2D eigenvalue weighted by Gasteiger charge is 2.26. The van der Waals surface area contributed by atoms with Crippen molar-refractivity contribution in [1.82, 2.24) is 0 Å². The van der Waals surface area contributed by atoms with Gasteiger partial charge in [0.25, 0.3) is 0 Å². The van der Waals surface area contributed by atoms with Gasteiger partial charge < -0.3 is 4.42 Å². The number of nitriles is 1. The summed E-state index contributed by atoms with van der Waals surface area (Å²) >= 11 is 0. The number of aromatic nitrogens is 1. The Hall–Kier alpha value is -3.12. The molecule has 0 spiro atoms. The molecule has 2 aromatic heterocycles. The lowest BCUT2D eigenvalue weighted by Crippen LogP contribution is -2.30. The summed E-state index contributed by atoms with van der Waals surface area (Å²) in [5, 5.41) is 11.9. The Labute approximate surface area is 171 Å². The highest BCUT2D eigenvalue weighted by molar-refractivity contribution is 6.13. The van der Waals surface area contributed by atoms with E-state index < -0.39 is 0 Å². The zero-order valence-corrected chi connectivity index (χ0v) is 17.0. The molecule has 0 N–H and O–H groups in total. The molecule has 2 heterocycles. The number of furan rings is 1. The quantitative estimate of drug-likeness (QED) is 0.382. The van der Waals surface area contributed by atoms with Crippen molar-refractivity contribution in [2.75, 3.05) is 0 Å². The van der Waals surface area contributed by atoms with Crippen LogP contribution in [0.3, 0.4) is 0 Å². The van der Waals surface area contributed by atoms with Gasteiger partial charge >= 0.3 is 0 Å². The van der Waals surface area contributed by atoms with Crippen molar-refractivity contribution in [3.63, 3.8) is 0 Å². The molecular weight excluding hydrogens is 356 g/mol. The lowest BCUT2D eigenvalue weighted by atomic mass is 9.83. The van der Waals surface area contributed by atoms with Gasteiger partial charge in [-0.05, 0) is 48.9 Å². The van der Waals surface area contributed by atoms with Crippen molar-refractivity contribution in [1.29, 1.82) is 5.26 Å². The van der Waals surface area contributed by atoms with Gasteiger partial charge in [0.2, 0.25) is 5.69 Å². The molecule has 0 saturated heterocycles. The Morgan fingerprint density at radius 1 is 1.03 bits per heavy atom. The van der Waals surface area contributed by atoms with Crippen molar-refractivity contribution >= 4 is 21.9 Å². The largest absolute Gasteiger partial charge is 0.455 e. The van der Waals surface area contributed by atoms with Crippen molar-refractivity contribution in [2.45, 2.75) is 44.9 Å². The van der Waals surface area contributed by atoms with E-state index in [9.17, 15) is 5.26 Å². The lowest BCUT2D eigenvalue weighted by Gasteiger charge is -2.21. The number of fused-ring (bicyclic) bond motifs is 3. The van der Waals surface area contributed by atoms with Crippen LogP contribution in [0.4, 0.5) is 0 Å². The minimum absolute atomic E-state index is 0.552. The van der Waals surface area contributed by atoms with Crippen LogP contribution in [0.5, 0.6) is 0 Å². The fraction of sp³-hybridized carbons (Fsp3) is 0.308. The summed E-state index contributed by atoms with van der Waals surface area (Å²) in [7, 11) is 2.05.